The number of H-pyrrole nitrogens is 2. The van der Waals surface area contributed by atoms with Gasteiger partial charge in [0.2, 0.25) is 4.77 Å². The van der Waals surface area contributed by atoms with E-state index in [4.69, 9.17) is 12.2 Å². The van der Waals surface area contributed by atoms with Gasteiger partial charge in [0, 0.05) is 28.6 Å². The molecule has 2 heterocycles. The Labute approximate surface area is 156 Å². The third kappa shape index (κ3) is 3.23. The lowest BCUT2D eigenvalue weighted by molar-refractivity contribution is 0.750. The van der Waals surface area contributed by atoms with Crippen molar-refractivity contribution in [3.05, 3.63) is 82.0 Å². The van der Waals surface area contributed by atoms with Gasteiger partial charge in [-0.25, -0.2) is 0 Å². The predicted molar refractivity (Wildman–Crippen MR) is 107 cm³/mol. The zero-order chi connectivity index (χ0) is 17.9. The fraction of sp³-hybridized carbons (Fsp3) is 0.150. The van der Waals surface area contributed by atoms with Gasteiger partial charge in [-0.15, -0.1) is 0 Å². The second-order valence-electron chi connectivity index (χ2n) is 6.20. The van der Waals surface area contributed by atoms with Gasteiger partial charge < -0.3 is 4.98 Å². The average Bonchev–Trinajstić information content (AvgIpc) is 3.18. The van der Waals surface area contributed by atoms with Crippen molar-refractivity contribution < 1.29 is 0 Å². The number of hydrogen-bond donors (Lipinski definition) is 2. The summed E-state index contributed by atoms with van der Waals surface area (Å²) in [6.45, 7) is 2.05. The number of nitrogens with zero attached hydrogens (tertiary/aromatic N) is 3. The molecule has 130 valence electrons. The van der Waals surface area contributed by atoms with Crippen LogP contribution in [0.5, 0.6) is 0 Å². The van der Waals surface area contributed by atoms with E-state index in [1.54, 1.807) is 4.68 Å². The van der Waals surface area contributed by atoms with Crippen LogP contribution >= 0.6 is 12.2 Å². The van der Waals surface area contributed by atoms with Crippen molar-refractivity contribution in [3.63, 3.8) is 0 Å². The minimum atomic E-state index is 0.502. The Kier molecular flexibility index (Phi) is 4.50. The van der Waals surface area contributed by atoms with E-state index in [2.05, 4.69) is 44.5 Å². The number of rotatable bonds is 5. The van der Waals surface area contributed by atoms with E-state index in [1.165, 1.54) is 5.56 Å². The number of nitrogens with one attached hydrogen (secondary N) is 2. The van der Waals surface area contributed by atoms with Crippen LogP contribution in [0.1, 0.15) is 22.6 Å². The van der Waals surface area contributed by atoms with E-state index in [0.717, 1.165) is 40.8 Å². The summed E-state index contributed by atoms with van der Waals surface area (Å²) < 4.78 is 2.21. The molecule has 2 aromatic heterocycles. The van der Waals surface area contributed by atoms with Gasteiger partial charge >= 0.3 is 0 Å². The smallest absolute Gasteiger partial charge is 0.216 e. The Morgan fingerprint density at radius 2 is 1.85 bits per heavy atom. The molecule has 0 saturated carbocycles. The maximum absolute atomic E-state index is 5.35. The number of para-hydroxylation sites is 1. The molecule has 0 bridgehead atoms. The summed E-state index contributed by atoms with van der Waals surface area (Å²) in [6, 6.07) is 18.5. The molecule has 2 aromatic carbocycles. The molecular formula is C20H19N5S. The highest BCUT2D eigenvalue weighted by Gasteiger charge is 2.08. The molecule has 5 nitrogen and oxygen atoms in total. The maximum atomic E-state index is 5.35. The highest BCUT2D eigenvalue weighted by atomic mass is 32.1. The lowest BCUT2D eigenvalue weighted by Gasteiger charge is -2.02. The van der Waals surface area contributed by atoms with E-state index in [-0.39, 0.29) is 0 Å². The van der Waals surface area contributed by atoms with Crippen LogP contribution in [0.4, 0.5) is 0 Å². The van der Waals surface area contributed by atoms with E-state index < -0.39 is 0 Å². The average molecular weight is 361 g/mol. The number of hydrogen-bond acceptors (Lipinski definition) is 3. The van der Waals surface area contributed by atoms with Crippen LogP contribution in [-0.2, 0) is 12.8 Å². The zero-order valence-electron chi connectivity index (χ0n) is 14.4. The molecule has 0 aliphatic carbocycles. The summed E-state index contributed by atoms with van der Waals surface area (Å²) >= 11 is 5.35. The Hall–Kier alpha value is -2.99. The molecule has 2 N–H and O–H groups in total. The van der Waals surface area contributed by atoms with Gasteiger partial charge in [-0.3, -0.25) is 5.10 Å². The second kappa shape index (κ2) is 7.09. The van der Waals surface area contributed by atoms with Crippen LogP contribution in [0.15, 0.2) is 59.7 Å². The first kappa shape index (κ1) is 16.5. The predicted octanol–water partition coefficient (Wildman–Crippen LogP) is 4.40. The summed E-state index contributed by atoms with van der Waals surface area (Å²) in [4.78, 5) is 3.38. The number of benzene rings is 2. The van der Waals surface area contributed by atoms with E-state index in [9.17, 15) is 0 Å². The van der Waals surface area contributed by atoms with Gasteiger partial charge in [-0.1, -0.05) is 48.5 Å². The van der Waals surface area contributed by atoms with E-state index in [1.807, 2.05) is 43.5 Å². The van der Waals surface area contributed by atoms with Gasteiger partial charge in [-0.05, 0) is 37.2 Å². The molecule has 0 radical (unpaired) electrons. The van der Waals surface area contributed by atoms with Crippen molar-refractivity contribution in [2.45, 2.75) is 19.8 Å². The molecule has 4 aromatic rings. The SMILES string of the molecule is Cc1[nH]c2ccccc2c1/C=N\n1c(CCc2ccccc2)n[nH]c1=S. The monoisotopic (exact) mass is 361 g/mol. The van der Waals surface area contributed by atoms with Gasteiger partial charge in [0.25, 0.3) is 0 Å². The van der Waals surface area contributed by atoms with Crippen LogP contribution in [-0.4, -0.2) is 26.1 Å². The quantitative estimate of drug-likeness (QED) is 0.409. The fourth-order valence-electron chi connectivity index (χ4n) is 3.09. The van der Waals surface area contributed by atoms with E-state index in [0.29, 0.717) is 4.77 Å². The van der Waals surface area contributed by atoms with Crippen molar-refractivity contribution in [1.82, 2.24) is 19.9 Å². The molecule has 0 spiro atoms. The Morgan fingerprint density at radius 3 is 2.69 bits per heavy atom. The van der Waals surface area contributed by atoms with Crippen molar-refractivity contribution >= 4 is 29.3 Å². The Bertz CT molecular complexity index is 1120. The zero-order valence-corrected chi connectivity index (χ0v) is 15.3. The van der Waals surface area contributed by atoms with Crippen molar-refractivity contribution in [3.8, 4) is 0 Å². The lowest BCUT2D eigenvalue weighted by Crippen LogP contribution is -2.01. The third-order valence-electron chi connectivity index (χ3n) is 4.44. The summed E-state index contributed by atoms with van der Waals surface area (Å²) in [6.07, 6.45) is 3.51. The first-order valence-electron chi connectivity index (χ1n) is 8.54. The molecule has 0 fully saturated rings. The van der Waals surface area contributed by atoms with Gasteiger partial charge in [0.15, 0.2) is 5.82 Å². The first-order valence-corrected chi connectivity index (χ1v) is 8.95. The molecular weight excluding hydrogens is 342 g/mol. The van der Waals surface area contributed by atoms with E-state index >= 15 is 0 Å². The second-order valence-corrected chi connectivity index (χ2v) is 6.58. The van der Waals surface area contributed by atoms with Crippen molar-refractivity contribution in [1.29, 1.82) is 0 Å². The van der Waals surface area contributed by atoms with Crippen molar-refractivity contribution in [2.24, 2.45) is 5.10 Å². The Balaban J connectivity index is 1.62. The fourth-order valence-corrected chi connectivity index (χ4v) is 3.28. The molecule has 26 heavy (non-hydrogen) atoms. The normalized spacial score (nSPS) is 11.6. The molecule has 0 atom stereocenters. The number of fused-ring (bicyclic) bond motifs is 1. The third-order valence-corrected chi connectivity index (χ3v) is 4.71. The largest absolute Gasteiger partial charge is 0.358 e. The summed E-state index contributed by atoms with van der Waals surface area (Å²) in [5.74, 6) is 0.826. The topological polar surface area (TPSA) is 61.8 Å². The standard InChI is InChI=1S/C20H19N5S/c1-14-17(16-9-5-6-10-18(16)22-14)13-21-25-19(23-24-20(25)26)12-11-15-7-3-2-4-8-15/h2-10,13,22H,11-12H2,1H3,(H,24,26)/b21-13-. The highest BCUT2D eigenvalue weighted by Crippen LogP contribution is 2.20. The molecule has 0 aliphatic heterocycles. The molecule has 0 aliphatic rings. The molecule has 4 rings (SSSR count). The van der Waals surface area contributed by atoms with Gasteiger partial charge in [0.1, 0.15) is 0 Å². The summed E-state index contributed by atoms with van der Waals surface area (Å²) in [5, 5.41) is 12.9. The summed E-state index contributed by atoms with van der Waals surface area (Å²) in [5.41, 5.74) is 4.52. The number of aromatic nitrogens is 4. The van der Waals surface area contributed by atoms with Crippen LogP contribution < -0.4 is 0 Å². The van der Waals surface area contributed by atoms with Crippen LogP contribution in [0.3, 0.4) is 0 Å². The lowest BCUT2D eigenvalue weighted by atomic mass is 10.1. The Morgan fingerprint density at radius 1 is 1.08 bits per heavy atom. The van der Waals surface area contributed by atoms with Crippen LogP contribution in [0.25, 0.3) is 10.9 Å². The molecule has 0 saturated heterocycles. The minimum absolute atomic E-state index is 0.502. The molecule has 0 unspecified atom stereocenters. The van der Waals surface area contributed by atoms with Crippen molar-refractivity contribution in [2.75, 3.05) is 0 Å². The minimum Gasteiger partial charge on any atom is -0.358 e. The van der Waals surface area contributed by atoms with Crippen LogP contribution in [0.2, 0.25) is 0 Å². The number of aryl methyl sites for hydroxylation is 3. The molecule has 6 heteroatoms. The maximum Gasteiger partial charge on any atom is 0.216 e. The number of aromatic amines is 2. The summed E-state index contributed by atoms with van der Waals surface area (Å²) in [7, 11) is 0. The van der Waals surface area contributed by atoms with Crippen LogP contribution in [0, 0.1) is 11.7 Å². The first-order chi connectivity index (χ1) is 12.7. The molecule has 0 amide bonds. The van der Waals surface area contributed by atoms with Gasteiger partial charge in [0.05, 0.1) is 6.21 Å². The van der Waals surface area contributed by atoms with Gasteiger partial charge in [-0.2, -0.15) is 14.9 Å². The highest BCUT2D eigenvalue weighted by molar-refractivity contribution is 7.71.